The molecule has 0 fully saturated rings. The molecule has 1 aliphatic heterocycles. The summed E-state index contributed by atoms with van der Waals surface area (Å²) in [6, 6.07) is 8.68. The predicted molar refractivity (Wildman–Crippen MR) is 55.4 cm³/mol. The molecule has 1 aliphatic rings. The Kier molecular flexibility index (Phi) is 1.70. The maximum absolute atomic E-state index is 2.28. The zero-order valence-corrected chi connectivity index (χ0v) is 8.56. The molecule has 0 saturated carbocycles. The van der Waals surface area contributed by atoms with Crippen LogP contribution in [0.2, 0.25) is 0 Å². The molecule has 0 saturated heterocycles. The van der Waals surface area contributed by atoms with Crippen LogP contribution < -0.4 is 4.48 Å². The van der Waals surface area contributed by atoms with Crippen molar-refractivity contribution in [1.82, 2.24) is 4.48 Å². The number of hydrogen-bond donors (Lipinski definition) is 0. The van der Waals surface area contributed by atoms with Gasteiger partial charge in [-0.25, -0.2) is 0 Å². The molecule has 0 spiro atoms. The molecule has 0 amide bonds. The third-order valence-electron chi connectivity index (χ3n) is 2.69. The number of benzene rings is 1. The summed E-state index contributed by atoms with van der Waals surface area (Å²) in [5.41, 5.74) is 1.45. The topological polar surface area (TPSA) is 0 Å². The molecule has 0 aliphatic carbocycles. The molecule has 64 valence electrons. The van der Waals surface area contributed by atoms with E-state index < -0.39 is 0 Å². The first-order valence-electron chi connectivity index (χ1n) is 4.22. The summed E-state index contributed by atoms with van der Waals surface area (Å²) in [5.74, 6) is 0. The molecule has 1 heterocycles. The van der Waals surface area contributed by atoms with Crippen molar-refractivity contribution in [3.63, 3.8) is 0 Å². The van der Waals surface area contributed by atoms with E-state index in [0.717, 1.165) is 4.48 Å². The van der Waals surface area contributed by atoms with Crippen molar-refractivity contribution < 1.29 is 0 Å². The zero-order valence-electron chi connectivity index (χ0n) is 7.74. The van der Waals surface area contributed by atoms with Crippen LogP contribution in [0.5, 0.6) is 0 Å². The Balaban J connectivity index is 2.55. The van der Waals surface area contributed by atoms with Gasteiger partial charge in [0, 0.05) is 6.07 Å². The highest BCUT2D eigenvalue weighted by Crippen LogP contribution is 2.45. The van der Waals surface area contributed by atoms with E-state index in [4.69, 9.17) is 0 Å². The molecule has 2 heteroatoms. The number of fused-ring (bicyclic) bond motifs is 1. The standard InChI is InChI=1S/C10H14NS/c1-8-11(2,3)9-6-4-5-7-10(9)12-8/h4-8H,1-3H3/q+1. The lowest BCUT2D eigenvalue weighted by molar-refractivity contribution is 0.398. The first-order valence-corrected chi connectivity index (χ1v) is 5.10. The average Bonchev–Trinajstić information content (AvgIpc) is 2.25. The van der Waals surface area contributed by atoms with E-state index in [2.05, 4.69) is 45.3 Å². The highest BCUT2D eigenvalue weighted by molar-refractivity contribution is 8.00. The maximum Gasteiger partial charge on any atom is 0.147 e. The van der Waals surface area contributed by atoms with Crippen LogP contribution in [0.15, 0.2) is 29.2 Å². The molecule has 0 aromatic heterocycles. The Bertz CT molecular complexity index is 306. The molecular weight excluding hydrogens is 166 g/mol. The average molecular weight is 180 g/mol. The SMILES string of the molecule is CC1Sc2ccccc2[N+]1(C)C. The minimum absolute atomic E-state index is 0.641. The summed E-state index contributed by atoms with van der Waals surface area (Å²) in [7, 11) is 4.53. The lowest BCUT2D eigenvalue weighted by atomic mass is 10.2. The van der Waals surface area contributed by atoms with E-state index in [-0.39, 0.29) is 0 Å². The lowest BCUT2D eigenvalue weighted by Gasteiger charge is -2.28. The van der Waals surface area contributed by atoms with Gasteiger partial charge in [-0.2, -0.15) is 0 Å². The van der Waals surface area contributed by atoms with Crippen LogP contribution in [0.3, 0.4) is 0 Å². The summed E-state index contributed by atoms with van der Waals surface area (Å²) in [4.78, 5) is 1.44. The van der Waals surface area contributed by atoms with E-state index in [9.17, 15) is 0 Å². The Morgan fingerprint density at radius 2 is 1.92 bits per heavy atom. The molecule has 1 nitrogen and oxygen atoms in total. The van der Waals surface area contributed by atoms with E-state index >= 15 is 0 Å². The largest absolute Gasteiger partial charge is 0.284 e. The Morgan fingerprint density at radius 1 is 1.25 bits per heavy atom. The van der Waals surface area contributed by atoms with Crippen LogP contribution in [0.1, 0.15) is 6.92 Å². The van der Waals surface area contributed by atoms with E-state index in [0.29, 0.717) is 5.37 Å². The minimum Gasteiger partial charge on any atom is -0.284 e. The quantitative estimate of drug-likeness (QED) is 0.553. The van der Waals surface area contributed by atoms with E-state index in [1.165, 1.54) is 10.6 Å². The molecule has 2 rings (SSSR count). The first kappa shape index (κ1) is 8.14. The van der Waals surface area contributed by atoms with Gasteiger partial charge in [-0.3, -0.25) is 4.48 Å². The van der Waals surface area contributed by atoms with Crippen LogP contribution in [-0.2, 0) is 0 Å². The summed E-state index contributed by atoms with van der Waals surface area (Å²) < 4.78 is 1.00. The van der Waals surface area contributed by atoms with Gasteiger partial charge in [0.05, 0.1) is 19.0 Å². The fourth-order valence-corrected chi connectivity index (χ4v) is 2.87. The van der Waals surface area contributed by atoms with Crippen molar-refractivity contribution in [1.29, 1.82) is 0 Å². The van der Waals surface area contributed by atoms with Crippen LogP contribution in [0.25, 0.3) is 0 Å². The second kappa shape index (κ2) is 2.51. The zero-order chi connectivity index (χ0) is 8.77. The Labute approximate surface area is 78.0 Å². The Hall–Kier alpha value is -0.470. The monoisotopic (exact) mass is 180 g/mol. The van der Waals surface area contributed by atoms with Crippen molar-refractivity contribution in [2.45, 2.75) is 17.2 Å². The van der Waals surface area contributed by atoms with Crippen molar-refractivity contribution in [3.05, 3.63) is 24.3 Å². The lowest BCUT2D eigenvalue weighted by Crippen LogP contribution is -2.43. The third kappa shape index (κ3) is 0.985. The summed E-state index contributed by atoms with van der Waals surface area (Å²) in [5, 5.41) is 0.641. The van der Waals surface area contributed by atoms with Gasteiger partial charge in [0.15, 0.2) is 0 Å². The van der Waals surface area contributed by atoms with Gasteiger partial charge in [-0.1, -0.05) is 23.9 Å². The number of para-hydroxylation sites is 1. The number of quaternary nitrogens is 1. The fourth-order valence-electron chi connectivity index (χ4n) is 1.54. The molecule has 0 N–H and O–H groups in total. The molecule has 12 heavy (non-hydrogen) atoms. The van der Waals surface area contributed by atoms with Gasteiger partial charge in [0.2, 0.25) is 0 Å². The molecule has 1 aromatic carbocycles. The maximum atomic E-state index is 2.28. The highest BCUT2D eigenvalue weighted by atomic mass is 32.2. The van der Waals surface area contributed by atoms with Gasteiger partial charge in [-0.15, -0.1) is 0 Å². The number of rotatable bonds is 0. The second-order valence-corrected chi connectivity index (χ2v) is 5.08. The van der Waals surface area contributed by atoms with Gasteiger partial charge in [0.1, 0.15) is 11.1 Å². The van der Waals surface area contributed by atoms with E-state index in [1.807, 2.05) is 11.8 Å². The number of nitrogens with zero attached hydrogens (tertiary/aromatic N) is 1. The molecule has 0 bridgehead atoms. The Morgan fingerprint density at radius 3 is 2.58 bits per heavy atom. The molecular formula is C10H14NS+. The van der Waals surface area contributed by atoms with Crippen molar-refractivity contribution in [2.24, 2.45) is 0 Å². The molecule has 0 radical (unpaired) electrons. The van der Waals surface area contributed by atoms with Gasteiger partial charge in [0.25, 0.3) is 0 Å². The summed E-state index contributed by atoms with van der Waals surface area (Å²) in [6.45, 7) is 2.28. The number of thioether (sulfide) groups is 1. The highest BCUT2D eigenvalue weighted by Gasteiger charge is 2.37. The number of hydrogen-bond acceptors (Lipinski definition) is 1. The molecule has 1 atom stereocenters. The third-order valence-corrected chi connectivity index (χ3v) is 4.16. The molecule has 1 unspecified atom stereocenters. The van der Waals surface area contributed by atoms with Crippen molar-refractivity contribution in [3.8, 4) is 0 Å². The van der Waals surface area contributed by atoms with Gasteiger partial charge < -0.3 is 0 Å². The predicted octanol–water partition coefficient (Wildman–Crippen LogP) is 2.71. The normalized spacial score (nSPS) is 25.4. The van der Waals surface area contributed by atoms with Crippen LogP contribution >= 0.6 is 11.8 Å². The molecule has 1 aromatic rings. The van der Waals surface area contributed by atoms with Crippen LogP contribution in [0, 0.1) is 0 Å². The first-order chi connectivity index (χ1) is 5.62. The van der Waals surface area contributed by atoms with Crippen molar-refractivity contribution >= 4 is 17.4 Å². The second-order valence-electron chi connectivity index (χ2n) is 3.72. The summed E-state index contributed by atoms with van der Waals surface area (Å²) >= 11 is 1.97. The van der Waals surface area contributed by atoms with Gasteiger partial charge >= 0.3 is 0 Å². The smallest absolute Gasteiger partial charge is 0.147 e. The fraction of sp³-hybridized carbons (Fsp3) is 0.400. The minimum atomic E-state index is 0.641. The van der Waals surface area contributed by atoms with Crippen molar-refractivity contribution in [2.75, 3.05) is 14.1 Å². The van der Waals surface area contributed by atoms with Crippen LogP contribution in [-0.4, -0.2) is 19.5 Å². The van der Waals surface area contributed by atoms with Crippen LogP contribution in [0.4, 0.5) is 5.69 Å². The van der Waals surface area contributed by atoms with E-state index in [1.54, 1.807) is 0 Å². The van der Waals surface area contributed by atoms with Gasteiger partial charge in [-0.05, 0) is 13.0 Å². The summed E-state index contributed by atoms with van der Waals surface area (Å²) in [6.07, 6.45) is 0.